The summed E-state index contributed by atoms with van der Waals surface area (Å²) in [5, 5.41) is 3.12. The Morgan fingerprint density at radius 3 is 2.48 bits per heavy atom. The normalized spacial score (nSPS) is 11.5. The lowest BCUT2D eigenvalue weighted by atomic mass is 10.0. The number of esters is 1. The van der Waals surface area contributed by atoms with Crippen molar-refractivity contribution in [3.8, 4) is 5.75 Å². The summed E-state index contributed by atoms with van der Waals surface area (Å²) in [4.78, 5) is 23.8. The molecule has 1 atom stereocenters. The predicted octanol–water partition coefficient (Wildman–Crippen LogP) is 3.28. The van der Waals surface area contributed by atoms with Crippen LogP contribution < -0.4 is 10.1 Å². The topological polar surface area (TPSA) is 64.6 Å². The summed E-state index contributed by atoms with van der Waals surface area (Å²) >= 11 is 6.15. The SMILES string of the molecule is COC(=O)CC(NC(=O)COc1ccc(F)cc1)c1ccccc1Cl. The molecule has 0 heterocycles. The zero-order chi connectivity index (χ0) is 18.2. The molecule has 25 heavy (non-hydrogen) atoms. The van der Waals surface area contributed by atoms with E-state index in [0.717, 1.165) is 0 Å². The zero-order valence-electron chi connectivity index (χ0n) is 13.5. The average molecular weight is 366 g/mol. The van der Waals surface area contributed by atoms with E-state index >= 15 is 0 Å². The average Bonchev–Trinajstić information content (AvgIpc) is 2.61. The molecule has 0 aromatic heterocycles. The summed E-state index contributed by atoms with van der Waals surface area (Å²) in [6.45, 7) is -0.284. The molecule has 1 unspecified atom stereocenters. The summed E-state index contributed by atoms with van der Waals surface area (Å²) in [6.07, 6.45) is -0.0669. The van der Waals surface area contributed by atoms with Gasteiger partial charge in [0.05, 0.1) is 19.6 Å². The summed E-state index contributed by atoms with van der Waals surface area (Å²) in [7, 11) is 1.27. The Bertz CT molecular complexity index is 736. The molecule has 2 rings (SSSR count). The Labute approximate surface area is 149 Å². The molecule has 0 fully saturated rings. The molecule has 2 aromatic rings. The molecule has 7 heteroatoms. The van der Waals surface area contributed by atoms with Gasteiger partial charge in [0.15, 0.2) is 6.61 Å². The van der Waals surface area contributed by atoms with Crippen molar-refractivity contribution < 1.29 is 23.5 Å². The van der Waals surface area contributed by atoms with Gasteiger partial charge in [0, 0.05) is 5.02 Å². The zero-order valence-corrected chi connectivity index (χ0v) is 14.3. The molecule has 5 nitrogen and oxygen atoms in total. The third kappa shape index (κ3) is 5.76. The van der Waals surface area contributed by atoms with Gasteiger partial charge in [-0.25, -0.2) is 4.39 Å². The van der Waals surface area contributed by atoms with E-state index < -0.39 is 23.7 Å². The molecule has 0 aliphatic heterocycles. The Kier molecular flexibility index (Phi) is 6.77. The lowest BCUT2D eigenvalue weighted by Gasteiger charge is -2.19. The lowest BCUT2D eigenvalue weighted by molar-refractivity contribution is -0.141. The molecule has 0 radical (unpaired) electrons. The third-order valence-corrected chi connectivity index (χ3v) is 3.74. The molecule has 0 aliphatic rings. The van der Waals surface area contributed by atoms with Crippen LogP contribution >= 0.6 is 11.6 Å². The first-order chi connectivity index (χ1) is 12.0. The van der Waals surface area contributed by atoms with Crippen LogP contribution in [0.1, 0.15) is 18.0 Å². The van der Waals surface area contributed by atoms with Gasteiger partial charge in [0.2, 0.25) is 0 Å². The fourth-order valence-electron chi connectivity index (χ4n) is 2.16. The monoisotopic (exact) mass is 365 g/mol. The molecule has 0 bridgehead atoms. The van der Waals surface area contributed by atoms with Crippen LogP contribution in [0.2, 0.25) is 5.02 Å². The molecule has 0 saturated carbocycles. The molecular formula is C18H17ClFNO4. The molecule has 0 saturated heterocycles. The van der Waals surface area contributed by atoms with Crippen molar-refractivity contribution >= 4 is 23.5 Å². The van der Waals surface area contributed by atoms with Gasteiger partial charge in [-0.05, 0) is 35.9 Å². The Balaban J connectivity index is 2.02. The van der Waals surface area contributed by atoms with Gasteiger partial charge in [-0.15, -0.1) is 0 Å². The van der Waals surface area contributed by atoms with Crippen molar-refractivity contribution in [3.05, 3.63) is 64.9 Å². The molecular weight excluding hydrogens is 349 g/mol. The number of carbonyl (C=O) groups excluding carboxylic acids is 2. The highest BCUT2D eigenvalue weighted by atomic mass is 35.5. The maximum absolute atomic E-state index is 12.8. The number of carbonyl (C=O) groups is 2. The Hall–Kier alpha value is -2.60. The fraction of sp³-hybridized carbons (Fsp3) is 0.222. The summed E-state index contributed by atoms with van der Waals surface area (Å²) < 4.78 is 22.8. The number of halogens is 2. The van der Waals surface area contributed by atoms with Crippen LogP contribution in [0.3, 0.4) is 0 Å². The van der Waals surface area contributed by atoms with Crippen LogP contribution in [0.5, 0.6) is 5.75 Å². The molecule has 1 amide bonds. The van der Waals surface area contributed by atoms with Crippen LogP contribution in [-0.4, -0.2) is 25.6 Å². The Morgan fingerprint density at radius 2 is 1.84 bits per heavy atom. The van der Waals surface area contributed by atoms with E-state index in [1.165, 1.54) is 31.4 Å². The maximum atomic E-state index is 12.8. The minimum Gasteiger partial charge on any atom is -0.484 e. The lowest BCUT2D eigenvalue weighted by Crippen LogP contribution is -2.34. The second kappa shape index (κ2) is 9.03. The van der Waals surface area contributed by atoms with Crippen LogP contribution in [-0.2, 0) is 14.3 Å². The van der Waals surface area contributed by atoms with Gasteiger partial charge in [-0.3, -0.25) is 9.59 Å². The number of rotatable bonds is 7. The second-order valence-electron chi connectivity index (χ2n) is 5.16. The van der Waals surface area contributed by atoms with E-state index in [2.05, 4.69) is 10.1 Å². The Morgan fingerprint density at radius 1 is 1.16 bits per heavy atom. The van der Waals surface area contributed by atoms with Gasteiger partial charge in [-0.1, -0.05) is 29.8 Å². The second-order valence-corrected chi connectivity index (χ2v) is 5.57. The number of methoxy groups -OCH3 is 1. The van der Waals surface area contributed by atoms with Crippen molar-refractivity contribution in [1.82, 2.24) is 5.32 Å². The fourth-order valence-corrected chi connectivity index (χ4v) is 2.43. The number of amides is 1. The number of ether oxygens (including phenoxy) is 2. The quantitative estimate of drug-likeness (QED) is 0.765. The van der Waals surface area contributed by atoms with Gasteiger partial charge in [0.1, 0.15) is 11.6 Å². The smallest absolute Gasteiger partial charge is 0.307 e. The van der Waals surface area contributed by atoms with Gasteiger partial charge in [-0.2, -0.15) is 0 Å². The van der Waals surface area contributed by atoms with Crippen LogP contribution in [0.15, 0.2) is 48.5 Å². The summed E-state index contributed by atoms with van der Waals surface area (Å²) in [6, 6.07) is 11.6. The first-order valence-electron chi connectivity index (χ1n) is 7.48. The van der Waals surface area contributed by atoms with Crippen molar-refractivity contribution in [3.63, 3.8) is 0 Å². The highest BCUT2D eigenvalue weighted by Gasteiger charge is 2.21. The number of nitrogens with one attached hydrogen (secondary N) is 1. The highest BCUT2D eigenvalue weighted by Crippen LogP contribution is 2.25. The van der Waals surface area contributed by atoms with Crippen LogP contribution in [0.4, 0.5) is 4.39 Å². The minimum absolute atomic E-state index is 0.0669. The van der Waals surface area contributed by atoms with Crippen LogP contribution in [0.25, 0.3) is 0 Å². The predicted molar refractivity (Wildman–Crippen MR) is 90.9 cm³/mol. The largest absolute Gasteiger partial charge is 0.484 e. The van der Waals surface area contributed by atoms with E-state index in [1.807, 2.05) is 0 Å². The van der Waals surface area contributed by atoms with Crippen molar-refractivity contribution in [2.75, 3.05) is 13.7 Å². The van der Waals surface area contributed by atoms with Crippen LogP contribution in [0, 0.1) is 5.82 Å². The van der Waals surface area contributed by atoms with E-state index in [9.17, 15) is 14.0 Å². The standard InChI is InChI=1S/C18H17ClFNO4/c1-24-18(23)10-16(14-4-2-3-5-15(14)19)21-17(22)11-25-13-8-6-12(20)7-9-13/h2-9,16H,10-11H2,1H3,(H,21,22). The first kappa shape index (κ1) is 18.7. The van der Waals surface area contributed by atoms with E-state index in [-0.39, 0.29) is 13.0 Å². The van der Waals surface area contributed by atoms with Crippen molar-refractivity contribution in [2.45, 2.75) is 12.5 Å². The summed E-state index contributed by atoms with van der Waals surface area (Å²) in [5.74, 6) is -0.963. The number of hydrogen-bond donors (Lipinski definition) is 1. The molecule has 0 aliphatic carbocycles. The molecule has 132 valence electrons. The van der Waals surface area contributed by atoms with E-state index in [0.29, 0.717) is 16.3 Å². The van der Waals surface area contributed by atoms with E-state index in [1.54, 1.807) is 24.3 Å². The highest BCUT2D eigenvalue weighted by molar-refractivity contribution is 6.31. The maximum Gasteiger partial charge on any atom is 0.307 e. The number of hydrogen-bond acceptors (Lipinski definition) is 4. The van der Waals surface area contributed by atoms with Crippen molar-refractivity contribution in [2.24, 2.45) is 0 Å². The van der Waals surface area contributed by atoms with E-state index in [4.69, 9.17) is 16.3 Å². The summed E-state index contributed by atoms with van der Waals surface area (Å²) in [5.41, 5.74) is 0.602. The van der Waals surface area contributed by atoms with Gasteiger partial charge >= 0.3 is 5.97 Å². The number of benzene rings is 2. The molecule has 0 spiro atoms. The molecule has 1 N–H and O–H groups in total. The minimum atomic E-state index is -0.648. The van der Waals surface area contributed by atoms with Gasteiger partial charge in [0.25, 0.3) is 5.91 Å². The van der Waals surface area contributed by atoms with Crippen molar-refractivity contribution in [1.29, 1.82) is 0 Å². The third-order valence-electron chi connectivity index (χ3n) is 3.40. The first-order valence-corrected chi connectivity index (χ1v) is 7.86. The van der Waals surface area contributed by atoms with Gasteiger partial charge < -0.3 is 14.8 Å². The molecule has 2 aromatic carbocycles.